The monoisotopic (exact) mass is 159 g/mol. The van der Waals surface area contributed by atoms with Crippen molar-refractivity contribution < 1.29 is 5.11 Å². The van der Waals surface area contributed by atoms with E-state index in [2.05, 4.69) is 12.2 Å². The van der Waals surface area contributed by atoms with Gasteiger partial charge in [-0.15, -0.1) is 0 Å². The predicted octanol–water partition coefficient (Wildman–Crippen LogP) is 1.39. The van der Waals surface area contributed by atoms with E-state index in [1.54, 1.807) is 0 Å². The lowest BCUT2D eigenvalue weighted by atomic mass is 10.1. The van der Waals surface area contributed by atoms with Crippen molar-refractivity contribution in [2.45, 2.75) is 39.7 Å². The molecule has 2 nitrogen and oxygen atoms in total. The van der Waals surface area contributed by atoms with Gasteiger partial charge in [0.05, 0.1) is 6.10 Å². The van der Waals surface area contributed by atoms with Crippen LogP contribution < -0.4 is 5.32 Å². The third-order valence-corrected chi connectivity index (χ3v) is 1.83. The number of aliphatic hydroxyl groups is 1. The molecule has 1 atom stereocenters. The summed E-state index contributed by atoms with van der Waals surface area (Å²) in [5, 5.41) is 12.6. The lowest BCUT2D eigenvalue weighted by molar-refractivity contribution is 0.124. The van der Waals surface area contributed by atoms with E-state index >= 15 is 0 Å². The van der Waals surface area contributed by atoms with Crippen LogP contribution in [-0.4, -0.2) is 24.3 Å². The topological polar surface area (TPSA) is 32.3 Å². The van der Waals surface area contributed by atoms with Gasteiger partial charge in [0.15, 0.2) is 0 Å². The van der Waals surface area contributed by atoms with Crippen molar-refractivity contribution in [1.82, 2.24) is 5.32 Å². The largest absolute Gasteiger partial charge is 0.392 e. The number of hydrogen-bond donors (Lipinski definition) is 2. The van der Waals surface area contributed by atoms with Crippen LogP contribution in [0.4, 0.5) is 0 Å². The van der Waals surface area contributed by atoms with Gasteiger partial charge in [-0.3, -0.25) is 0 Å². The Bertz CT molecular complexity index is 83.6. The molecule has 1 unspecified atom stereocenters. The fourth-order valence-corrected chi connectivity index (χ4v) is 0.787. The van der Waals surface area contributed by atoms with Gasteiger partial charge in [-0.1, -0.05) is 27.2 Å². The summed E-state index contributed by atoms with van der Waals surface area (Å²) in [4.78, 5) is 0. The Kier molecular flexibility index (Phi) is 6.57. The zero-order valence-electron chi connectivity index (χ0n) is 7.93. The third kappa shape index (κ3) is 6.32. The summed E-state index contributed by atoms with van der Waals surface area (Å²) >= 11 is 0. The highest BCUT2D eigenvalue weighted by atomic mass is 16.3. The summed E-state index contributed by atoms with van der Waals surface area (Å²) in [5.74, 6) is 0.365. The molecule has 2 N–H and O–H groups in total. The Hall–Kier alpha value is -0.0800. The lowest BCUT2D eigenvalue weighted by Gasteiger charge is -2.14. The number of rotatable bonds is 6. The molecule has 0 aromatic heterocycles. The molecule has 0 aromatic carbocycles. The van der Waals surface area contributed by atoms with Crippen molar-refractivity contribution >= 4 is 0 Å². The predicted molar refractivity (Wildman–Crippen MR) is 48.6 cm³/mol. The first-order valence-electron chi connectivity index (χ1n) is 4.57. The molecule has 0 saturated carbocycles. The van der Waals surface area contributed by atoms with Crippen LogP contribution in [0.15, 0.2) is 0 Å². The average molecular weight is 159 g/mol. The second kappa shape index (κ2) is 6.62. The second-order valence-corrected chi connectivity index (χ2v) is 3.37. The first-order valence-corrected chi connectivity index (χ1v) is 4.57. The van der Waals surface area contributed by atoms with E-state index in [0.717, 1.165) is 13.1 Å². The zero-order chi connectivity index (χ0) is 8.69. The summed E-state index contributed by atoms with van der Waals surface area (Å²) in [6, 6.07) is 0. The van der Waals surface area contributed by atoms with Crippen molar-refractivity contribution in [1.29, 1.82) is 0 Å². The molecule has 0 rings (SSSR count). The SMILES string of the molecule is CCCCNCC(O)C(C)C. The zero-order valence-corrected chi connectivity index (χ0v) is 7.93. The van der Waals surface area contributed by atoms with Crippen LogP contribution in [-0.2, 0) is 0 Å². The van der Waals surface area contributed by atoms with Crippen LogP contribution in [0.25, 0.3) is 0 Å². The van der Waals surface area contributed by atoms with E-state index in [-0.39, 0.29) is 6.10 Å². The maximum Gasteiger partial charge on any atom is 0.0687 e. The number of unbranched alkanes of at least 4 members (excludes halogenated alkanes) is 1. The van der Waals surface area contributed by atoms with Gasteiger partial charge in [-0.05, 0) is 18.9 Å². The molecule has 0 aliphatic heterocycles. The van der Waals surface area contributed by atoms with Crippen LogP contribution in [0.1, 0.15) is 33.6 Å². The molecule has 0 fully saturated rings. The molecular weight excluding hydrogens is 138 g/mol. The van der Waals surface area contributed by atoms with Crippen molar-refractivity contribution in [2.24, 2.45) is 5.92 Å². The number of nitrogens with one attached hydrogen (secondary N) is 1. The molecule has 0 heterocycles. The minimum atomic E-state index is -0.188. The highest BCUT2D eigenvalue weighted by molar-refractivity contribution is 4.62. The molecular formula is C9H21NO. The van der Waals surface area contributed by atoms with E-state index in [4.69, 9.17) is 0 Å². The summed E-state index contributed by atoms with van der Waals surface area (Å²) < 4.78 is 0. The normalized spacial score (nSPS) is 13.9. The highest BCUT2D eigenvalue weighted by Crippen LogP contribution is 1.98. The summed E-state index contributed by atoms with van der Waals surface area (Å²) in [7, 11) is 0. The van der Waals surface area contributed by atoms with Crippen LogP contribution in [0.5, 0.6) is 0 Å². The van der Waals surface area contributed by atoms with Crippen LogP contribution in [0, 0.1) is 5.92 Å². The fraction of sp³-hybridized carbons (Fsp3) is 1.00. The Labute approximate surface area is 70.0 Å². The Morgan fingerprint density at radius 3 is 2.45 bits per heavy atom. The lowest BCUT2D eigenvalue weighted by Crippen LogP contribution is -2.31. The Morgan fingerprint density at radius 2 is 2.00 bits per heavy atom. The summed E-state index contributed by atoms with van der Waals surface area (Å²) in [6.45, 7) is 8.00. The van der Waals surface area contributed by atoms with E-state index in [1.807, 2.05) is 13.8 Å². The van der Waals surface area contributed by atoms with Gasteiger partial charge < -0.3 is 10.4 Å². The van der Waals surface area contributed by atoms with Crippen molar-refractivity contribution in [3.05, 3.63) is 0 Å². The van der Waals surface area contributed by atoms with Crippen molar-refractivity contribution in [3.63, 3.8) is 0 Å². The molecule has 2 heteroatoms. The van der Waals surface area contributed by atoms with Gasteiger partial charge in [-0.25, -0.2) is 0 Å². The molecule has 68 valence electrons. The third-order valence-electron chi connectivity index (χ3n) is 1.83. The van der Waals surface area contributed by atoms with Crippen molar-refractivity contribution in [2.75, 3.05) is 13.1 Å². The first-order chi connectivity index (χ1) is 5.18. The van der Waals surface area contributed by atoms with Gasteiger partial charge >= 0.3 is 0 Å². The average Bonchev–Trinajstić information content (AvgIpc) is 1.97. The highest BCUT2D eigenvalue weighted by Gasteiger charge is 2.06. The molecule has 0 amide bonds. The van der Waals surface area contributed by atoms with E-state index < -0.39 is 0 Å². The molecule has 0 spiro atoms. The summed E-state index contributed by atoms with van der Waals surface area (Å²) in [6.07, 6.45) is 2.22. The summed E-state index contributed by atoms with van der Waals surface area (Å²) in [5.41, 5.74) is 0. The molecule has 0 saturated heterocycles. The van der Waals surface area contributed by atoms with E-state index in [1.165, 1.54) is 12.8 Å². The van der Waals surface area contributed by atoms with Gasteiger partial charge in [0.2, 0.25) is 0 Å². The van der Waals surface area contributed by atoms with Crippen LogP contribution >= 0.6 is 0 Å². The minimum Gasteiger partial charge on any atom is -0.392 e. The fourth-order valence-electron chi connectivity index (χ4n) is 0.787. The van der Waals surface area contributed by atoms with Gasteiger partial charge in [-0.2, -0.15) is 0 Å². The maximum atomic E-state index is 9.36. The standard InChI is InChI=1S/C9H21NO/c1-4-5-6-10-7-9(11)8(2)3/h8-11H,4-7H2,1-3H3. The Balaban J connectivity index is 3.10. The molecule has 0 aliphatic carbocycles. The van der Waals surface area contributed by atoms with Crippen LogP contribution in [0.3, 0.4) is 0 Å². The second-order valence-electron chi connectivity index (χ2n) is 3.37. The number of aliphatic hydroxyl groups excluding tert-OH is 1. The number of hydrogen-bond acceptors (Lipinski definition) is 2. The van der Waals surface area contributed by atoms with Crippen LogP contribution in [0.2, 0.25) is 0 Å². The van der Waals surface area contributed by atoms with Gasteiger partial charge in [0.25, 0.3) is 0 Å². The smallest absolute Gasteiger partial charge is 0.0687 e. The molecule has 0 aliphatic rings. The quantitative estimate of drug-likeness (QED) is 0.574. The molecule has 0 radical (unpaired) electrons. The van der Waals surface area contributed by atoms with Crippen molar-refractivity contribution in [3.8, 4) is 0 Å². The molecule has 0 bridgehead atoms. The first kappa shape index (κ1) is 10.9. The Morgan fingerprint density at radius 1 is 1.36 bits per heavy atom. The van der Waals surface area contributed by atoms with E-state index in [0.29, 0.717) is 5.92 Å². The maximum absolute atomic E-state index is 9.36. The molecule has 0 aromatic rings. The molecule has 11 heavy (non-hydrogen) atoms. The van der Waals surface area contributed by atoms with E-state index in [9.17, 15) is 5.11 Å². The van der Waals surface area contributed by atoms with Gasteiger partial charge in [0, 0.05) is 6.54 Å². The minimum absolute atomic E-state index is 0.188. The van der Waals surface area contributed by atoms with Gasteiger partial charge in [0.1, 0.15) is 0 Å².